The second kappa shape index (κ2) is 13.8. The van der Waals surface area contributed by atoms with Crippen LogP contribution in [-0.2, 0) is 16.1 Å². The van der Waals surface area contributed by atoms with Gasteiger partial charge >= 0.3 is 5.97 Å². The van der Waals surface area contributed by atoms with Gasteiger partial charge in [-0.3, -0.25) is 9.36 Å². The van der Waals surface area contributed by atoms with E-state index in [1.54, 1.807) is 39.2 Å². The molecule has 3 aromatic carbocycles. The fourth-order valence-corrected chi connectivity index (χ4v) is 6.67. The van der Waals surface area contributed by atoms with E-state index >= 15 is 0 Å². The summed E-state index contributed by atoms with van der Waals surface area (Å²) >= 11 is 11.2. The number of nitrogens with zero attached hydrogens (tertiary/aromatic N) is 2. The Morgan fingerprint density at radius 2 is 1.86 bits per heavy atom. The van der Waals surface area contributed by atoms with Gasteiger partial charge in [-0.15, -0.1) is 0 Å². The van der Waals surface area contributed by atoms with Gasteiger partial charge in [0.1, 0.15) is 12.4 Å². The maximum atomic E-state index is 14.1. The number of carbonyl (C=O) groups excluding carboxylic acids is 1. The molecular weight excluding hydrogens is 668 g/mol. The molecule has 0 saturated heterocycles. The van der Waals surface area contributed by atoms with Crippen molar-refractivity contribution in [1.82, 2.24) is 4.57 Å². The Morgan fingerprint density at radius 3 is 2.59 bits per heavy atom. The highest BCUT2D eigenvalue weighted by molar-refractivity contribution is 9.10. The van der Waals surface area contributed by atoms with Crippen LogP contribution < -0.4 is 29.1 Å². The number of allylic oxidation sites excluding steroid dienone is 1. The predicted molar refractivity (Wildman–Crippen MR) is 174 cm³/mol. The summed E-state index contributed by atoms with van der Waals surface area (Å²) in [5, 5.41) is 0.633. The number of ether oxygens (including phenoxy) is 4. The fraction of sp³-hybridized carbons (Fsp3) is 0.242. The molecule has 8 nitrogen and oxygen atoms in total. The van der Waals surface area contributed by atoms with Gasteiger partial charge in [-0.25, -0.2) is 9.79 Å². The normalized spacial score (nSPS) is 14.6. The van der Waals surface area contributed by atoms with Crippen molar-refractivity contribution in [1.29, 1.82) is 0 Å². The second-order valence-corrected chi connectivity index (χ2v) is 12.0. The average Bonchev–Trinajstić information content (AvgIpc) is 3.30. The first-order valence-electron chi connectivity index (χ1n) is 13.9. The van der Waals surface area contributed by atoms with E-state index < -0.39 is 12.0 Å². The van der Waals surface area contributed by atoms with Crippen molar-refractivity contribution in [2.45, 2.75) is 33.4 Å². The van der Waals surface area contributed by atoms with Crippen LogP contribution in [0.1, 0.15) is 43.5 Å². The zero-order valence-electron chi connectivity index (χ0n) is 24.6. The second-order valence-electron chi connectivity index (χ2n) is 9.71. The smallest absolute Gasteiger partial charge is 0.338 e. The molecule has 4 aromatic rings. The first kappa shape index (κ1) is 31.6. The summed E-state index contributed by atoms with van der Waals surface area (Å²) in [6.45, 7) is 6.29. The third-order valence-electron chi connectivity index (χ3n) is 6.90. The summed E-state index contributed by atoms with van der Waals surface area (Å²) < 4.78 is 25.4. The van der Waals surface area contributed by atoms with Crippen LogP contribution in [0.4, 0.5) is 0 Å². The molecule has 0 unspecified atom stereocenters. The SMILES string of the molecule is CCOC(=O)C1=C(C)N=c2s/c(=C/c3cccc(OCc4ccccc4Cl)c3)c(=O)n2[C@@H]1c1cc(OC)c(OCC)cc1Br. The van der Waals surface area contributed by atoms with E-state index in [4.69, 9.17) is 30.5 Å². The van der Waals surface area contributed by atoms with E-state index in [0.717, 1.165) is 11.1 Å². The number of methoxy groups -OCH3 is 1. The first-order chi connectivity index (χ1) is 21.2. The van der Waals surface area contributed by atoms with Crippen LogP contribution >= 0.6 is 38.9 Å². The molecule has 11 heteroatoms. The number of carbonyl (C=O) groups is 1. The summed E-state index contributed by atoms with van der Waals surface area (Å²) in [4.78, 5) is 32.5. The van der Waals surface area contributed by atoms with Gasteiger partial charge < -0.3 is 18.9 Å². The van der Waals surface area contributed by atoms with Crippen molar-refractivity contribution in [2.75, 3.05) is 20.3 Å². The van der Waals surface area contributed by atoms with Gasteiger partial charge in [-0.1, -0.05) is 69.2 Å². The maximum absolute atomic E-state index is 14.1. The van der Waals surface area contributed by atoms with Gasteiger partial charge in [-0.05, 0) is 68.3 Å². The van der Waals surface area contributed by atoms with Gasteiger partial charge in [0.15, 0.2) is 16.3 Å². The Morgan fingerprint density at radius 1 is 1.07 bits per heavy atom. The van der Waals surface area contributed by atoms with E-state index in [2.05, 4.69) is 20.9 Å². The average molecular weight is 698 g/mol. The number of aromatic nitrogens is 1. The van der Waals surface area contributed by atoms with Gasteiger partial charge in [0.25, 0.3) is 5.56 Å². The lowest BCUT2D eigenvalue weighted by Crippen LogP contribution is -2.40. The molecule has 1 aliphatic heterocycles. The molecule has 0 saturated carbocycles. The molecule has 0 bridgehead atoms. The predicted octanol–water partition coefficient (Wildman–Crippen LogP) is 6.20. The Hall–Kier alpha value is -3.86. The minimum Gasteiger partial charge on any atom is -0.493 e. The topological polar surface area (TPSA) is 88.4 Å². The number of esters is 1. The van der Waals surface area contributed by atoms with Crippen molar-refractivity contribution in [3.8, 4) is 17.2 Å². The summed E-state index contributed by atoms with van der Waals surface area (Å²) in [7, 11) is 1.54. The molecule has 5 rings (SSSR count). The zero-order chi connectivity index (χ0) is 31.4. The Labute approximate surface area is 272 Å². The molecule has 0 radical (unpaired) electrons. The van der Waals surface area contributed by atoms with Crippen LogP contribution in [0.15, 0.2) is 86.2 Å². The van der Waals surface area contributed by atoms with E-state index in [1.807, 2.05) is 55.5 Å². The zero-order valence-corrected chi connectivity index (χ0v) is 27.7. The van der Waals surface area contributed by atoms with E-state index in [1.165, 1.54) is 15.9 Å². The number of halogens is 2. The molecular formula is C33H30BrClN2O6S. The number of rotatable bonds is 10. The van der Waals surface area contributed by atoms with Crippen LogP contribution in [0.5, 0.6) is 17.2 Å². The first-order valence-corrected chi connectivity index (χ1v) is 15.9. The molecule has 1 aliphatic rings. The summed E-state index contributed by atoms with van der Waals surface area (Å²) in [6, 6.07) is 17.7. The third-order valence-corrected chi connectivity index (χ3v) is 8.94. The van der Waals surface area contributed by atoms with Crippen molar-refractivity contribution in [3.05, 3.63) is 118 Å². The summed E-state index contributed by atoms with van der Waals surface area (Å²) in [5.74, 6) is 1.10. The van der Waals surface area contributed by atoms with Crippen LogP contribution in [-0.4, -0.2) is 30.9 Å². The van der Waals surface area contributed by atoms with E-state index in [-0.39, 0.29) is 17.7 Å². The summed E-state index contributed by atoms with van der Waals surface area (Å²) in [6.07, 6.45) is 1.79. The molecule has 228 valence electrons. The van der Waals surface area contributed by atoms with Crippen molar-refractivity contribution in [2.24, 2.45) is 4.99 Å². The summed E-state index contributed by atoms with van der Waals surface area (Å²) in [5.41, 5.74) is 2.72. The maximum Gasteiger partial charge on any atom is 0.338 e. The molecule has 0 aliphatic carbocycles. The van der Waals surface area contributed by atoms with Gasteiger partial charge in [0.2, 0.25) is 0 Å². The van der Waals surface area contributed by atoms with E-state index in [0.29, 0.717) is 60.6 Å². The molecule has 2 heterocycles. The molecule has 0 amide bonds. The van der Waals surface area contributed by atoms with Gasteiger partial charge in [0, 0.05) is 15.1 Å². The molecule has 1 aromatic heterocycles. The Kier molecular flexibility index (Phi) is 9.93. The molecule has 0 N–H and O–H groups in total. The monoisotopic (exact) mass is 696 g/mol. The number of fused-ring (bicyclic) bond motifs is 1. The van der Waals surface area contributed by atoms with Crippen molar-refractivity contribution < 1.29 is 23.7 Å². The number of thiazole rings is 1. The lowest BCUT2D eigenvalue weighted by Gasteiger charge is -2.26. The minimum absolute atomic E-state index is 0.176. The lowest BCUT2D eigenvalue weighted by molar-refractivity contribution is -0.139. The highest BCUT2D eigenvalue weighted by Crippen LogP contribution is 2.41. The minimum atomic E-state index is -0.823. The van der Waals surface area contributed by atoms with Gasteiger partial charge in [0.05, 0.1) is 42.2 Å². The fourth-order valence-electron chi connectivity index (χ4n) is 4.90. The number of benzene rings is 3. The molecule has 44 heavy (non-hydrogen) atoms. The van der Waals surface area contributed by atoms with E-state index in [9.17, 15) is 9.59 Å². The van der Waals surface area contributed by atoms with Crippen LogP contribution in [0, 0.1) is 0 Å². The molecule has 0 spiro atoms. The number of hydrogen-bond donors (Lipinski definition) is 0. The molecule has 0 fully saturated rings. The Balaban J connectivity index is 1.60. The highest BCUT2D eigenvalue weighted by atomic mass is 79.9. The highest BCUT2D eigenvalue weighted by Gasteiger charge is 2.35. The third kappa shape index (κ3) is 6.47. The van der Waals surface area contributed by atoms with Crippen molar-refractivity contribution >= 4 is 50.9 Å². The van der Waals surface area contributed by atoms with Crippen LogP contribution in [0.2, 0.25) is 5.02 Å². The number of hydrogen-bond acceptors (Lipinski definition) is 8. The standard InChI is InChI=1S/C33H30BrClN2O6S/c1-5-41-27-17-24(34)23(16-26(27)40-4)30-29(32(39)42-6-2)19(3)36-33-37(30)31(38)28(44-33)15-20-10-9-12-22(14-20)43-18-21-11-7-8-13-25(21)35/h7-17,30H,5-6,18H2,1-4H3/b28-15+/t30-/m1/s1. The lowest BCUT2D eigenvalue weighted by atomic mass is 9.95. The van der Waals surface area contributed by atoms with Crippen LogP contribution in [0.3, 0.4) is 0 Å². The van der Waals surface area contributed by atoms with Crippen molar-refractivity contribution in [3.63, 3.8) is 0 Å². The van der Waals surface area contributed by atoms with Gasteiger partial charge in [-0.2, -0.15) is 0 Å². The Bertz CT molecular complexity index is 1930. The largest absolute Gasteiger partial charge is 0.493 e. The quantitative estimate of drug-likeness (QED) is 0.184. The molecule has 1 atom stereocenters. The van der Waals surface area contributed by atoms with Crippen LogP contribution in [0.25, 0.3) is 6.08 Å².